The van der Waals surface area contributed by atoms with Crippen LogP contribution in [-0.4, -0.2) is 5.16 Å². The van der Waals surface area contributed by atoms with Gasteiger partial charge in [0, 0.05) is 6.07 Å². The lowest BCUT2D eigenvalue weighted by Gasteiger charge is -1.99. The van der Waals surface area contributed by atoms with Crippen molar-refractivity contribution < 1.29 is 8.91 Å². The molecule has 0 spiro atoms. The molecule has 0 unspecified atom stereocenters. The van der Waals surface area contributed by atoms with E-state index in [2.05, 4.69) is 5.16 Å². The molecular weight excluding hydrogens is 169 g/mol. The standard InChI is InChI=1S/C10H8FNO/c1-7-2-3-9(11)8(6-7)10-4-5-12-13-10/h2-6H,1H3. The third kappa shape index (κ3) is 1.45. The molecule has 2 rings (SSSR count). The first-order chi connectivity index (χ1) is 6.27. The van der Waals surface area contributed by atoms with Crippen LogP contribution in [0.3, 0.4) is 0 Å². The number of hydrogen-bond acceptors (Lipinski definition) is 2. The zero-order chi connectivity index (χ0) is 9.26. The fourth-order valence-corrected chi connectivity index (χ4v) is 1.18. The number of rotatable bonds is 1. The number of aryl methyl sites for hydroxylation is 1. The van der Waals surface area contributed by atoms with Gasteiger partial charge in [-0.25, -0.2) is 4.39 Å². The van der Waals surface area contributed by atoms with Crippen molar-refractivity contribution in [1.29, 1.82) is 0 Å². The Balaban J connectivity index is 2.57. The van der Waals surface area contributed by atoms with E-state index < -0.39 is 0 Å². The van der Waals surface area contributed by atoms with Crippen molar-refractivity contribution in [1.82, 2.24) is 5.16 Å². The summed E-state index contributed by atoms with van der Waals surface area (Å²) in [4.78, 5) is 0. The highest BCUT2D eigenvalue weighted by molar-refractivity contribution is 5.58. The van der Waals surface area contributed by atoms with Crippen LogP contribution >= 0.6 is 0 Å². The predicted molar refractivity (Wildman–Crippen MR) is 46.6 cm³/mol. The second-order valence-electron chi connectivity index (χ2n) is 2.86. The zero-order valence-electron chi connectivity index (χ0n) is 7.12. The molecule has 0 atom stereocenters. The van der Waals surface area contributed by atoms with Crippen molar-refractivity contribution in [2.24, 2.45) is 0 Å². The Kier molecular flexibility index (Phi) is 1.85. The molecule has 1 aromatic heterocycles. The molecule has 0 aliphatic rings. The second-order valence-corrected chi connectivity index (χ2v) is 2.86. The van der Waals surface area contributed by atoms with Crippen molar-refractivity contribution >= 4 is 0 Å². The van der Waals surface area contributed by atoms with Gasteiger partial charge in [0.25, 0.3) is 0 Å². The molecule has 0 saturated heterocycles. The molecule has 13 heavy (non-hydrogen) atoms. The molecule has 0 fully saturated rings. The minimum absolute atomic E-state index is 0.289. The van der Waals surface area contributed by atoms with Crippen molar-refractivity contribution in [3.05, 3.63) is 41.8 Å². The average Bonchev–Trinajstić information content (AvgIpc) is 2.61. The normalized spacial score (nSPS) is 10.3. The lowest BCUT2D eigenvalue weighted by Crippen LogP contribution is -1.83. The van der Waals surface area contributed by atoms with Gasteiger partial charge in [-0.15, -0.1) is 0 Å². The summed E-state index contributed by atoms with van der Waals surface area (Å²) in [7, 11) is 0. The number of benzene rings is 1. The molecule has 2 nitrogen and oxygen atoms in total. The first kappa shape index (κ1) is 7.98. The van der Waals surface area contributed by atoms with Crippen LogP contribution in [0.1, 0.15) is 5.56 Å². The minimum Gasteiger partial charge on any atom is -0.356 e. The molecule has 0 bridgehead atoms. The maximum absolute atomic E-state index is 13.2. The summed E-state index contributed by atoms with van der Waals surface area (Å²) in [6.45, 7) is 1.90. The number of hydrogen-bond donors (Lipinski definition) is 0. The van der Waals surface area contributed by atoms with Crippen LogP contribution in [0.4, 0.5) is 4.39 Å². The molecular formula is C10H8FNO. The van der Waals surface area contributed by atoms with Gasteiger partial charge in [-0.1, -0.05) is 16.8 Å². The van der Waals surface area contributed by atoms with Gasteiger partial charge in [-0.2, -0.15) is 0 Å². The molecule has 0 N–H and O–H groups in total. The highest BCUT2D eigenvalue weighted by Crippen LogP contribution is 2.22. The first-order valence-electron chi connectivity index (χ1n) is 3.94. The zero-order valence-corrected chi connectivity index (χ0v) is 7.12. The summed E-state index contributed by atoms with van der Waals surface area (Å²) in [5.74, 6) is 0.170. The predicted octanol–water partition coefficient (Wildman–Crippen LogP) is 2.79. The third-order valence-electron chi connectivity index (χ3n) is 1.83. The molecule has 0 amide bonds. The SMILES string of the molecule is Cc1ccc(F)c(-c2ccno2)c1. The quantitative estimate of drug-likeness (QED) is 0.669. The summed E-state index contributed by atoms with van der Waals surface area (Å²) < 4.78 is 18.1. The number of halogens is 1. The van der Waals surface area contributed by atoms with E-state index >= 15 is 0 Å². The van der Waals surface area contributed by atoms with E-state index in [9.17, 15) is 4.39 Å². The fourth-order valence-electron chi connectivity index (χ4n) is 1.18. The summed E-state index contributed by atoms with van der Waals surface area (Å²) in [5.41, 5.74) is 1.45. The Morgan fingerprint density at radius 2 is 2.15 bits per heavy atom. The van der Waals surface area contributed by atoms with Gasteiger partial charge in [0.2, 0.25) is 0 Å². The molecule has 0 radical (unpaired) electrons. The van der Waals surface area contributed by atoms with Crippen molar-refractivity contribution in [3.63, 3.8) is 0 Å². The van der Waals surface area contributed by atoms with E-state index in [0.29, 0.717) is 11.3 Å². The van der Waals surface area contributed by atoms with E-state index in [1.807, 2.05) is 6.92 Å². The van der Waals surface area contributed by atoms with Crippen LogP contribution in [0.25, 0.3) is 11.3 Å². The minimum atomic E-state index is -0.289. The lowest BCUT2D eigenvalue weighted by atomic mass is 10.1. The van der Waals surface area contributed by atoms with Gasteiger partial charge in [-0.3, -0.25) is 0 Å². The largest absolute Gasteiger partial charge is 0.356 e. The molecule has 0 aliphatic heterocycles. The van der Waals surface area contributed by atoms with E-state index in [0.717, 1.165) is 5.56 Å². The maximum Gasteiger partial charge on any atom is 0.169 e. The molecule has 1 aromatic carbocycles. The van der Waals surface area contributed by atoms with E-state index in [1.54, 1.807) is 18.2 Å². The highest BCUT2D eigenvalue weighted by atomic mass is 19.1. The first-order valence-corrected chi connectivity index (χ1v) is 3.94. The van der Waals surface area contributed by atoms with Gasteiger partial charge < -0.3 is 4.52 Å². The number of aromatic nitrogens is 1. The maximum atomic E-state index is 13.2. The van der Waals surface area contributed by atoms with E-state index in [-0.39, 0.29) is 5.82 Å². The van der Waals surface area contributed by atoms with Gasteiger partial charge in [0.05, 0.1) is 11.8 Å². The Labute approximate surface area is 75.0 Å². The molecule has 0 aliphatic carbocycles. The second kappa shape index (κ2) is 3.01. The Hall–Kier alpha value is -1.64. The van der Waals surface area contributed by atoms with Crippen molar-refractivity contribution in [2.75, 3.05) is 0 Å². The Morgan fingerprint density at radius 1 is 1.31 bits per heavy atom. The van der Waals surface area contributed by atoms with Gasteiger partial charge in [0.15, 0.2) is 5.76 Å². The summed E-state index contributed by atoms with van der Waals surface area (Å²) in [6, 6.07) is 6.51. The van der Waals surface area contributed by atoms with Crippen LogP contribution in [0.2, 0.25) is 0 Å². The summed E-state index contributed by atoms with van der Waals surface area (Å²) >= 11 is 0. The van der Waals surface area contributed by atoms with Crippen LogP contribution in [-0.2, 0) is 0 Å². The van der Waals surface area contributed by atoms with Crippen molar-refractivity contribution in [2.45, 2.75) is 6.92 Å². The van der Waals surface area contributed by atoms with E-state index in [1.165, 1.54) is 12.3 Å². The average molecular weight is 177 g/mol. The fraction of sp³-hybridized carbons (Fsp3) is 0.100. The Morgan fingerprint density at radius 3 is 2.85 bits per heavy atom. The molecule has 0 saturated carbocycles. The topological polar surface area (TPSA) is 26.0 Å². The van der Waals surface area contributed by atoms with Gasteiger partial charge in [0.1, 0.15) is 5.82 Å². The molecule has 1 heterocycles. The molecule has 66 valence electrons. The monoisotopic (exact) mass is 177 g/mol. The molecule has 2 aromatic rings. The lowest BCUT2D eigenvalue weighted by molar-refractivity contribution is 0.430. The summed E-state index contributed by atoms with van der Waals surface area (Å²) in [6.07, 6.45) is 1.50. The number of nitrogens with zero attached hydrogens (tertiary/aromatic N) is 1. The van der Waals surface area contributed by atoms with Gasteiger partial charge in [-0.05, 0) is 19.1 Å². The van der Waals surface area contributed by atoms with Crippen LogP contribution < -0.4 is 0 Å². The third-order valence-corrected chi connectivity index (χ3v) is 1.83. The highest BCUT2D eigenvalue weighted by Gasteiger charge is 2.07. The summed E-state index contributed by atoms with van der Waals surface area (Å²) in [5, 5.41) is 3.53. The van der Waals surface area contributed by atoms with Crippen LogP contribution in [0, 0.1) is 12.7 Å². The van der Waals surface area contributed by atoms with Crippen LogP contribution in [0.15, 0.2) is 35.0 Å². The van der Waals surface area contributed by atoms with Crippen LogP contribution in [0.5, 0.6) is 0 Å². The van der Waals surface area contributed by atoms with E-state index in [4.69, 9.17) is 4.52 Å². The molecule has 3 heteroatoms. The van der Waals surface area contributed by atoms with Crippen molar-refractivity contribution in [3.8, 4) is 11.3 Å². The van der Waals surface area contributed by atoms with Gasteiger partial charge >= 0.3 is 0 Å². The smallest absolute Gasteiger partial charge is 0.169 e. The Bertz CT molecular complexity index is 409.